The van der Waals surface area contributed by atoms with Gasteiger partial charge in [-0.05, 0) is 11.5 Å². The summed E-state index contributed by atoms with van der Waals surface area (Å²) in [5.41, 5.74) is 2.96. The fraction of sp³-hybridized carbons (Fsp3) is 0. The van der Waals surface area contributed by atoms with E-state index in [1.807, 2.05) is 35.1 Å². The van der Waals surface area contributed by atoms with Crippen LogP contribution in [0.15, 0.2) is 40.9 Å². The van der Waals surface area contributed by atoms with Crippen LogP contribution in [0.2, 0.25) is 0 Å². The molecule has 0 radical (unpaired) electrons. The third kappa shape index (κ3) is 1.87. The first kappa shape index (κ1) is 5.49. The number of rotatable bonds is 0. The zero-order valence-electron chi connectivity index (χ0n) is 4.37. The zero-order chi connectivity index (χ0) is 5.66. The summed E-state index contributed by atoms with van der Waals surface area (Å²) in [5, 5.41) is 3.93. The first-order valence-electron chi connectivity index (χ1n) is 2.38. The quantitative estimate of drug-likeness (QED) is 0.445. The molecule has 0 aromatic carbocycles. The van der Waals surface area contributed by atoms with E-state index in [0.717, 1.165) is 0 Å². The highest BCUT2D eigenvalue weighted by Gasteiger charge is 1.68. The maximum Gasteiger partial charge on any atom is 0.0172 e. The van der Waals surface area contributed by atoms with Gasteiger partial charge in [0.1, 0.15) is 0 Å². The lowest BCUT2D eigenvalue weighted by Crippen LogP contribution is -1.50. The van der Waals surface area contributed by atoms with Gasteiger partial charge in [-0.2, -0.15) is 0 Å². The monoisotopic (exact) mass is 122 g/mol. The molecule has 0 spiro atoms. The van der Waals surface area contributed by atoms with Crippen molar-refractivity contribution in [3.63, 3.8) is 0 Å². The average Bonchev–Trinajstić information content (AvgIpc) is 1.62. The molecule has 0 fully saturated rings. The summed E-state index contributed by atoms with van der Waals surface area (Å²) in [6.45, 7) is 0. The highest BCUT2D eigenvalue weighted by Crippen LogP contribution is 2.03. The second-order valence-corrected chi connectivity index (χ2v) is 2.08. The molecule has 0 aromatic heterocycles. The molecule has 0 bridgehead atoms. The maximum absolute atomic E-state index is 2.96. The second kappa shape index (κ2) is 3.36. The van der Waals surface area contributed by atoms with Crippen LogP contribution in [0.5, 0.6) is 0 Å². The maximum atomic E-state index is 2.96. The lowest BCUT2D eigenvalue weighted by Gasteiger charge is -1.78. The summed E-state index contributed by atoms with van der Waals surface area (Å²) in [7, 11) is 0. The molecule has 0 aliphatic carbocycles. The molecule has 0 saturated heterocycles. The van der Waals surface area contributed by atoms with Crippen molar-refractivity contribution < 1.29 is 0 Å². The molecule has 1 rings (SSSR count). The lowest BCUT2D eigenvalue weighted by atomic mass is 10.5. The van der Waals surface area contributed by atoms with Gasteiger partial charge in [-0.15, -0.1) is 5.73 Å². The molecule has 8 heavy (non-hydrogen) atoms. The van der Waals surface area contributed by atoms with Crippen LogP contribution in [0.25, 0.3) is 0 Å². The van der Waals surface area contributed by atoms with Crippen molar-refractivity contribution in [3.8, 4) is 0 Å². The summed E-state index contributed by atoms with van der Waals surface area (Å²) in [4.78, 5) is 0. The minimum atomic E-state index is 1.63. The fourth-order valence-corrected chi connectivity index (χ4v) is 0.801. The molecule has 0 atom stereocenters. The third-order valence-electron chi connectivity index (χ3n) is 0.708. The van der Waals surface area contributed by atoms with Gasteiger partial charge in [0.2, 0.25) is 0 Å². The molecular formula is C7H6S. The number of hydrogen-bond donors (Lipinski definition) is 0. The van der Waals surface area contributed by atoms with Gasteiger partial charge in [-0.25, -0.2) is 0 Å². The van der Waals surface area contributed by atoms with Gasteiger partial charge in [0.25, 0.3) is 0 Å². The number of thioether (sulfide) groups is 1. The topological polar surface area (TPSA) is 0 Å². The molecule has 40 valence electrons. The molecule has 0 nitrogen and oxygen atoms in total. The average molecular weight is 122 g/mol. The van der Waals surface area contributed by atoms with Gasteiger partial charge in [0.05, 0.1) is 0 Å². The minimum absolute atomic E-state index is 1.63. The van der Waals surface area contributed by atoms with E-state index >= 15 is 0 Å². The molecule has 1 aliphatic rings. The van der Waals surface area contributed by atoms with E-state index in [4.69, 9.17) is 0 Å². The third-order valence-corrected chi connectivity index (χ3v) is 1.29. The van der Waals surface area contributed by atoms with Crippen LogP contribution in [-0.4, -0.2) is 0 Å². The van der Waals surface area contributed by atoms with Crippen LogP contribution in [-0.2, 0) is 0 Å². The predicted octanol–water partition coefficient (Wildman–Crippen LogP) is 2.47. The normalized spacial score (nSPS) is 16.0. The molecule has 1 aliphatic heterocycles. The Kier molecular flexibility index (Phi) is 2.31. The highest BCUT2D eigenvalue weighted by atomic mass is 32.2. The van der Waals surface area contributed by atoms with Crippen molar-refractivity contribution in [2.45, 2.75) is 0 Å². The molecule has 1 heterocycles. The Bertz CT molecular complexity index is 169. The number of hydrogen-bond acceptors (Lipinski definition) is 1. The molecule has 0 unspecified atom stereocenters. The largest absolute Gasteiger partial charge is 0.114 e. The summed E-state index contributed by atoms with van der Waals surface area (Å²) in [5.74, 6) is 0. The Morgan fingerprint density at radius 1 is 1.12 bits per heavy atom. The minimum Gasteiger partial charge on any atom is -0.114 e. The van der Waals surface area contributed by atoms with Gasteiger partial charge in [-0.3, -0.25) is 0 Å². The van der Waals surface area contributed by atoms with E-state index in [2.05, 4.69) is 5.73 Å². The molecule has 0 amide bonds. The summed E-state index contributed by atoms with van der Waals surface area (Å²) >= 11 is 1.63. The van der Waals surface area contributed by atoms with Crippen molar-refractivity contribution in [2.24, 2.45) is 0 Å². The molecule has 0 saturated carbocycles. The van der Waals surface area contributed by atoms with Crippen LogP contribution in [0.1, 0.15) is 0 Å². The van der Waals surface area contributed by atoms with Crippen LogP contribution >= 0.6 is 11.8 Å². The van der Waals surface area contributed by atoms with E-state index in [1.54, 1.807) is 11.8 Å². The van der Waals surface area contributed by atoms with Crippen LogP contribution in [0, 0.1) is 0 Å². The molecule has 0 aromatic rings. The lowest BCUT2D eigenvalue weighted by molar-refractivity contribution is 1.94. The van der Waals surface area contributed by atoms with Crippen molar-refractivity contribution in [1.29, 1.82) is 0 Å². The van der Waals surface area contributed by atoms with Crippen LogP contribution < -0.4 is 0 Å². The van der Waals surface area contributed by atoms with E-state index in [1.165, 1.54) is 0 Å². The van der Waals surface area contributed by atoms with Gasteiger partial charge in [0, 0.05) is 5.41 Å². The van der Waals surface area contributed by atoms with E-state index < -0.39 is 0 Å². The van der Waals surface area contributed by atoms with Crippen molar-refractivity contribution in [2.75, 3.05) is 0 Å². The summed E-state index contributed by atoms with van der Waals surface area (Å²) < 4.78 is 0. The Morgan fingerprint density at radius 3 is 3.12 bits per heavy atom. The summed E-state index contributed by atoms with van der Waals surface area (Å²) in [6.07, 6.45) is 7.81. The van der Waals surface area contributed by atoms with E-state index in [9.17, 15) is 0 Å². The highest BCUT2D eigenvalue weighted by molar-refractivity contribution is 8.04. The smallest absolute Gasteiger partial charge is 0.0172 e. The summed E-state index contributed by atoms with van der Waals surface area (Å²) in [6, 6.07) is 0. The first-order valence-corrected chi connectivity index (χ1v) is 3.32. The van der Waals surface area contributed by atoms with Crippen LogP contribution in [0.4, 0.5) is 0 Å². The van der Waals surface area contributed by atoms with Gasteiger partial charge in [0.15, 0.2) is 0 Å². The molecule has 1 heteroatoms. The van der Waals surface area contributed by atoms with Crippen molar-refractivity contribution in [1.82, 2.24) is 0 Å². The second-order valence-electron chi connectivity index (χ2n) is 1.30. The fourth-order valence-electron chi connectivity index (χ4n) is 0.384. The first-order chi connectivity index (χ1) is 4.00. The number of allylic oxidation sites excluding steroid dienone is 4. The van der Waals surface area contributed by atoms with E-state index in [-0.39, 0.29) is 0 Å². The van der Waals surface area contributed by atoms with Crippen molar-refractivity contribution in [3.05, 3.63) is 40.9 Å². The van der Waals surface area contributed by atoms with Crippen LogP contribution in [0.3, 0.4) is 0 Å². The van der Waals surface area contributed by atoms with Gasteiger partial charge >= 0.3 is 0 Å². The van der Waals surface area contributed by atoms with Gasteiger partial charge < -0.3 is 0 Å². The zero-order valence-corrected chi connectivity index (χ0v) is 5.19. The Labute approximate surface area is 53.3 Å². The Hall–Kier alpha value is -0.650. The van der Waals surface area contributed by atoms with Crippen molar-refractivity contribution >= 4 is 11.8 Å². The van der Waals surface area contributed by atoms with E-state index in [0.29, 0.717) is 0 Å². The molecular weight excluding hydrogens is 116 g/mol. The predicted molar refractivity (Wildman–Crippen MR) is 38.5 cm³/mol. The Morgan fingerprint density at radius 2 is 2.12 bits per heavy atom. The SMILES string of the molecule is C1=CC=CC=CSC=1. The Balaban J connectivity index is 2.70. The van der Waals surface area contributed by atoms with Gasteiger partial charge in [-0.1, -0.05) is 30.0 Å². The molecule has 0 N–H and O–H groups in total. The standard InChI is InChI=1S/C7H6S/c1-2-4-6-8-7-5-3-1/h1-4,6-7H.